The highest BCUT2D eigenvalue weighted by Gasteiger charge is 2.66. The van der Waals surface area contributed by atoms with Gasteiger partial charge in [-0.3, -0.25) is 9.78 Å². The van der Waals surface area contributed by atoms with E-state index in [0.29, 0.717) is 55.6 Å². The number of esters is 1. The van der Waals surface area contributed by atoms with E-state index in [1.807, 2.05) is 69.3 Å². The number of aliphatic carboxylic acids is 1. The lowest BCUT2D eigenvalue weighted by Gasteiger charge is -2.64. The minimum atomic E-state index is -1.17. The van der Waals surface area contributed by atoms with Gasteiger partial charge < -0.3 is 30.5 Å². The molecule has 0 spiro atoms. The second kappa shape index (κ2) is 15.4. The largest absolute Gasteiger partial charge is 0.481 e. The molecule has 4 fully saturated rings. The highest BCUT2D eigenvalue weighted by Crippen LogP contribution is 2.69. The zero-order valence-corrected chi connectivity index (χ0v) is 33.8. The van der Waals surface area contributed by atoms with Crippen LogP contribution in [0.25, 0.3) is 10.9 Å². The molecule has 1 aromatic heterocycles. The molecular formula is C47H60N2O7. The lowest BCUT2D eigenvalue weighted by atomic mass is 9.42. The third-order valence-electron chi connectivity index (χ3n) is 14.9. The highest BCUT2D eigenvalue weighted by molar-refractivity contribution is 6.06. The Morgan fingerprint density at radius 1 is 1.00 bits per heavy atom. The van der Waals surface area contributed by atoms with Crippen molar-refractivity contribution in [1.82, 2.24) is 4.98 Å². The Morgan fingerprint density at radius 2 is 1.73 bits per heavy atom. The van der Waals surface area contributed by atoms with Crippen molar-refractivity contribution in [3.63, 3.8) is 0 Å². The van der Waals surface area contributed by atoms with Crippen LogP contribution in [0.5, 0.6) is 0 Å². The average molecular weight is 765 g/mol. The van der Waals surface area contributed by atoms with Crippen LogP contribution < -0.4 is 5.32 Å². The first-order chi connectivity index (χ1) is 26.5. The van der Waals surface area contributed by atoms with E-state index in [2.05, 4.69) is 42.9 Å². The van der Waals surface area contributed by atoms with Crippen LogP contribution in [0, 0.1) is 65.1 Å². The third kappa shape index (κ3) is 7.34. The zero-order chi connectivity index (χ0) is 40.2. The van der Waals surface area contributed by atoms with Crippen molar-refractivity contribution in [3.05, 3.63) is 70.9 Å². The van der Waals surface area contributed by atoms with Gasteiger partial charge in [-0.1, -0.05) is 62.9 Å². The molecule has 4 aliphatic rings. The molecule has 2 aromatic carbocycles. The fourth-order valence-electron chi connectivity index (χ4n) is 11.9. The van der Waals surface area contributed by atoms with Gasteiger partial charge in [0, 0.05) is 23.9 Å². The lowest BCUT2D eigenvalue weighted by molar-refractivity contribution is -0.211. The summed E-state index contributed by atoms with van der Waals surface area (Å²) in [5, 5.41) is 49.3. The minimum Gasteiger partial charge on any atom is -0.481 e. The number of aliphatic hydroxyl groups is 3. The Labute approximate surface area is 331 Å². The van der Waals surface area contributed by atoms with Gasteiger partial charge >= 0.3 is 11.9 Å². The van der Waals surface area contributed by atoms with Crippen LogP contribution in [-0.2, 0) is 16.1 Å². The van der Waals surface area contributed by atoms with Crippen LogP contribution in [0.3, 0.4) is 0 Å². The van der Waals surface area contributed by atoms with Gasteiger partial charge in [0.05, 0.1) is 35.2 Å². The molecule has 0 radical (unpaired) electrons. The molecule has 0 aliphatic heterocycles. The zero-order valence-electron chi connectivity index (χ0n) is 33.8. The maximum atomic E-state index is 13.2. The number of carbonyl (C=O) groups excluding carboxylic acids is 1. The quantitative estimate of drug-likeness (QED) is 0.108. The van der Waals surface area contributed by atoms with E-state index >= 15 is 0 Å². The predicted octanol–water partition coefficient (Wildman–Crippen LogP) is 7.90. The van der Waals surface area contributed by atoms with Crippen molar-refractivity contribution in [2.24, 2.45) is 46.3 Å². The fourth-order valence-corrected chi connectivity index (χ4v) is 11.9. The van der Waals surface area contributed by atoms with E-state index in [1.54, 1.807) is 0 Å². The molecule has 0 saturated heterocycles. The maximum absolute atomic E-state index is 13.2. The first-order valence-corrected chi connectivity index (χ1v) is 20.8. The first kappa shape index (κ1) is 40.2. The summed E-state index contributed by atoms with van der Waals surface area (Å²) in [6.45, 7) is 12.6. The Balaban J connectivity index is 1.03. The maximum Gasteiger partial charge on any atom is 0.342 e. The van der Waals surface area contributed by atoms with Crippen molar-refractivity contribution in [2.75, 3.05) is 5.32 Å². The number of nitrogens with zero attached hydrogens (tertiary/aromatic N) is 1. The molecular weight excluding hydrogens is 705 g/mol. The van der Waals surface area contributed by atoms with E-state index in [4.69, 9.17) is 4.74 Å². The lowest BCUT2D eigenvalue weighted by Crippen LogP contribution is -2.63. The number of aliphatic hydroxyl groups excluding tert-OH is 2. The number of hydrogen-bond acceptors (Lipinski definition) is 8. The van der Waals surface area contributed by atoms with Crippen molar-refractivity contribution in [3.8, 4) is 11.8 Å². The number of aryl methyl sites for hydroxylation is 1. The number of nitrogens with one attached hydrogen (secondary N) is 1. The second-order valence-electron chi connectivity index (χ2n) is 18.5. The predicted molar refractivity (Wildman–Crippen MR) is 217 cm³/mol. The summed E-state index contributed by atoms with van der Waals surface area (Å²) < 4.78 is 5.58. The number of ether oxygens (including phenoxy) is 1. The molecule has 11 atom stereocenters. The van der Waals surface area contributed by atoms with Gasteiger partial charge in [0.25, 0.3) is 0 Å². The Morgan fingerprint density at radius 3 is 2.45 bits per heavy atom. The van der Waals surface area contributed by atoms with Crippen LogP contribution in [0.1, 0.15) is 120 Å². The van der Waals surface area contributed by atoms with Crippen LogP contribution in [0.4, 0.5) is 5.69 Å². The van der Waals surface area contributed by atoms with Crippen molar-refractivity contribution in [1.29, 1.82) is 0 Å². The summed E-state index contributed by atoms with van der Waals surface area (Å²) in [6.07, 6.45) is 4.45. The molecule has 0 bridgehead atoms. The molecule has 56 heavy (non-hydrogen) atoms. The summed E-state index contributed by atoms with van der Waals surface area (Å²) in [6, 6.07) is 15.7. The highest BCUT2D eigenvalue weighted by atomic mass is 16.5. The van der Waals surface area contributed by atoms with Crippen LogP contribution >= 0.6 is 0 Å². The van der Waals surface area contributed by atoms with Gasteiger partial charge in [0.1, 0.15) is 11.2 Å². The number of pyridine rings is 1. The van der Waals surface area contributed by atoms with E-state index in [-0.39, 0.29) is 58.9 Å². The van der Waals surface area contributed by atoms with Crippen LogP contribution in [-0.4, -0.2) is 61.3 Å². The molecule has 1 heterocycles. The number of rotatable bonds is 9. The number of carbonyl (C=O) groups is 2. The molecule has 9 heteroatoms. The van der Waals surface area contributed by atoms with Crippen LogP contribution in [0.15, 0.2) is 48.5 Å². The molecule has 5 N–H and O–H groups in total. The van der Waals surface area contributed by atoms with Crippen molar-refractivity contribution in [2.45, 2.75) is 130 Å². The number of fused-ring (bicyclic) bond motifs is 6. The SMILES string of the molecule is Cc1nc2ccccc2c(NCc2ccc(C#C[C@@]3(O)CC[C@@]4(C)C(CC(O)C5C4C[C@H](O)[C@@]4(C)C5CC[C@@H]4[C@H](C)CCC(=O)O)C3)cc2)c1C(=O)OC(C)C. The number of para-hydroxylation sites is 1. The van der Waals surface area contributed by atoms with E-state index in [1.165, 1.54) is 0 Å². The molecule has 7 rings (SSSR count). The molecule has 4 aliphatic carbocycles. The van der Waals surface area contributed by atoms with E-state index in [0.717, 1.165) is 41.3 Å². The number of aromatic nitrogens is 1. The summed E-state index contributed by atoms with van der Waals surface area (Å²) >= 11 is 0. The molecule has 300 valence electrons. The van der Waals surface area contributed by atoms with E-state index < -0.39 is 29.7 Å². The topological polar surface area (TPSA) is 149 Å². The number of hydrogen-bond donors (Lipinski definition) is 5. The minimum absolute atomic E-state index is 0.0825. The summed E-state index contributed by atoms with van der Waals surface area (Å²) in [4.78, 5) is 29.2. The molecule has 9 nitrogen and oxygen atoms in total. The monoisotopic (exact) mass is 764 g/mol. The van der Waals surface area contributed by atoms with Gasteiger partial charge in [-0.2, -0.15) is 0 Å². The standard InChI is InChI=1S/C47H60N2O7/c1-27(2)56-44(54)41-29(4)49-37-10-8-7-9-33(37)43(41)48-26-31-14-12-30(13-15-31)19-20-47(55)22-21-45(5)32(25-47)23-38(50)42-35-17-16-34(28(3)11-18-40(52)53)46(35,6)39(51)24-36(42)45/h7-10,12-15,27-28,32,34-36,38-39,42,50-51,55H,11,16-18,21-26H2,1-6H3,(H,48,49)(H,52,53)/t28-,32?,34-,35?,36?,38?,39+,42?,45+,46-,47-/m1/s1. The number of carboxylic acids is 1. The van der Waals surface area contributed by atoms with Gasteiger partial charge in [0.2, 0.25) is 0 Å². The summed E-state index contributed by atoms with van der Waals surface area (Å²) in [5.41, 5.74) is 2.70. The van der Waals surface area contributed by atoms with Gasteiger partial charge in [-0.05, 0) is 142 Å². The second-order valence-corrected chi connectivity index (χ2v) is 18.5. The fraction of sp³-hybridized carbons (Fsp3) is 0.596. The van der Waals surface area contributed by atoms with Gasteiger partial charge in [0.15, 0.2) is 0 Å². The summed E-state index contributed by atoms with van der Waals surface area (Å²) in [5.74, 6) is 6.25. The normalized spacial score (nSPS) is 34.1. The third-order valence-corrected chi connectivity index (χ3v) is 14.9. The Hall–Kier alpha value is -3.97. The Kier molecular flexibility index (Phi) is 11.1. The smallest absolute Gasteiger partial charge is 0.342 e. The number of carboxylic acid groups (broad SMARTS) is 1. The Bertz CT molecular complexity index is 2020. The first-order valence-electron chi connectivity index (χ1n) is 20.8. The molecule has 4 saturated carbocycles. The van der Waals surface area contributed by atoms with Gasteiger partial charge in [-0.25, -0.2) is 4.79 Å². The number of benzene rings is 2. The van der Waals surface area contributed by atoms with Gasteiger partial charge in [-0.15, -0.1) is 0 Å². The average Bonchev–Trinajstić information content (AvgIpc) is 3.51. The van der Waals surface area contributed by atoms with E-state index in [9.17, 15) is 30.0 Å². The van der Waals surface area contributed by atoms with Crippen LogP contribution in [0.2, 0.25) is 0 Å². The van der Waals surface area contributed by atoms with Crippen molar-refractivity contribution >= 4 is 28.5 Å². The molecule has 5 unspecified atom stereocenters. The molecule has 0 amide bonds. The molecule has 3 aromatic rings. The van der Waals surface area contributed by atoms with Crippen molar-refractivity contribution < 1.29 is 34.8 Å². The summed E-state index contributed by atoms with van der Waals surface area (Å²) in [7, 11) is 0. The number of anilines is 1.